The Morgan fingerprint density at radius 3 is 1.25 bits per heavy atom. The molecule has 0 unspecified atom stereocenters. The van der Waals surface area contributed by atoms with Crippen LogP contribution in [0, 0.1) is 41.5 Å². The quantitative estimate of drug-likeness (QED) is 0.169. The van der Waals surface area contributed by atoms with Gasteiger partial charge in [-0.2, -0.15) is 0 Å². The van der Waals surface area contributed by atoms with E-state index in [9.17, 15) is 0 Å². The van der Waals surface area contributed by atoms with Crippen LogP contribution in [-0.2, 0) is 0 Å². The molecule has 0 spiro atoms. The number of benzene rings is 7. The Morgan fingerprint density at radius 1 is 0.385 bits per heavy atom. The van der Waals surface area contributed by atoms with E-state index in [1.165, 1.54) is 83.9 Å². The molecule has 252 valence electrons. The van der Waals surface area contributed by atoms with E-state index < -0.39 is 0 Å². The summed E-state index contributed by atoms with van der Waals surface area (Å²) in [6.45, 7) is 13.4. The van der Waals surface area contributed by atoms with Crippen LogP contribution in [0.1, 0.15) is 33.4 Å². The van der Waals surface area contributed by atoms with E-state index in [1.54, 1.807) is 0 Å². The van der Waals surface area contributed by atoms with Crippen molar-refractivity contribution in [1.29, 1.82) is 0 Å². The van der Waals surface area contributed by atoms with Crippen LogP contribution in [0.25, 0.3) is 0 Å². The fourth-order valence-electron chi connectivity index (χ4n) is 8.67. The van der Waals surface area contributed by atoms with E-state index >= 15 is 0 Å². The number of hydrogen-bond donors (Lipinski definition) is 0. The van der Waals surface area contributed by atoms with E-state index in [-0.39, 0.29) is 6.71 Å². The molecule has 0 saturated heterocycles. The molecule has 0 radical (unpaired) electrons. The van der Waals surface area contributed by atoms with Crippen molar-refractivity contribution >= 4 is 74.3 Å². The third-order valence-electron chi connectivity index (χ3n) is 11.0. The molecule has 0 fully saturated rings. The SMILES string of the molecule is Cc1cccc(N(c2cccc(C)c2)c2cc3c4c(c2)N(c2ccccc2C)c2c(C)cccc2B4c2cccc(C)c2N3c2ccccc2C)c1. The minimum atomic E-state index is 0.0655. The van der Waals surface area contributed by atoms with Gasteiger partial charge in [-0.05, 0) is 140 Å². The third-order valence-corrected chi connectivity index (χ3v) is 11.0. The summed E-state index contributed by atoms with van der Waals surface area (Å²) in [7, 11) is 0. The van der Waals surface area contributed by atoms with Gasteiger partial charge >= 0.3 is 0 Å². The summed E-state index contributed by atoms with van der Waals surface area (Å²) in [6, 6.07) is 54.1. The van der Waals surface area contributed by atoms with Crippen LogP contribution in [0.4, 0.5) is 51.2 Å². The van der Waals surface area contributed by atoms with Crippen LogP contribution in [0.2, 0.25) is 0 Å². The molecule has 7 aromatic carbocycles. The van der Waals surface area contributed by atoms with E-state index in [0.29, 0.717) is 0 Å². The summed E-state index contributed by atoms with van der Waals surface area (Å²) >= 11 is 0. The molecular weight excluding hydrogens is 629 g/mol. The first-order valence-corrected chi connectivity index (χ1v) is 18.3. The molecule has 7 aromatic rings. The fraction of sp³-hybridized carbons (Fsp3) is 0.125. The van der Waals surface area contributed by atoms with Crippen LogP contribution >= 0.6 is 0 Å². The summed E-state index contributed by atoms with van der Waals surface area (Å²) in [5, 5.41) is 0. The maximum atomic E-state index is 2.56. The standard InChI is InChI=1S/C48H42BN3/c1-31-15-11-21-37(27-31)50(38-22-12-16-32(2)28-38)39-29-44-46-45(30-39)52(43-26-10-8-18-34(43)4)48-36(6)20-14-24-41(48)49(46)40-23-13-19-35(5)47(40)51(44)42-25-9-7-17-33(42)3/h7-30H,1-6H3. The number of para-hydroxylation sites is 4. The first-order valence-electron chi connectivity index (χ1n) is 18.3. The lowest BCUT2D eigenvalue weighted by atomic mass is 9.33. The van der Waals surface area contributed by atoms with Gasteiger partial charge < -0.3 is 14.7 Å². The highest BCUT2D eigenvalue weighted by Gasteiger charge is 2.45. The number of aryl methyl sites for hydroxylation is 6. The highest BCUT2D eigenvalue weighted by molar-refractivity contribution is 7.00. The number of fused-ring (bicyclic) bond motifs is 4. The second-order valence-corrected chi connectivity index (χ2v) is 14.6. The van der Waals surface area contributed by atoms with Crippen molar-refractivity contribution in [1.82, 2.24) is 0 Å². The van der Waals surface area contributed by atoms with Crippen LogP contribution < -0.4 is 31.1 Å². The highest BCUT2D eigenvalue weighted by Crippen LogP contribution is 2.49. The fourth-order valence-corrected chi connectivity index (χ4v) is 8.67. The Morgan fingerprint density at radius 2 is 0.808 bits per heavy atom. The van der Waals surface area contributed by atoms with Gasteiger partial charge in [-0.25, -0.2) is 0 Å². The number of hydrogen-bond acceptors (Lipinski definition) is 3. The van der Waals surface area contributed by atoms with Crippen molar-refractivity contribution < 1.29 is 0 Å². The van der Waals surface area contributed by atoms with Crippen molar-refractivity contribution in [2.45, 2.75) is 41.5 Å². The van der Waals surface area contributed by atoms with E-state index in [0.717, 1.165) is 17.1 Å². The monoisotopic (exact) mass is 671 g/mol. The Bertz CT molecular complexity index is 2360. The molecular formula is C48H42BN3. The number of anilines is 9. The third kappa shape index (κ3) is 4.97. The maximum absolute atomic E-state index is 2.56. The molecule has 0 atom stereocenters. The van der Waals surface area contributed by atoms with Gasteiger partial charge in [0.15, 0.2) is 0 Å². The molecule has 0 aliphatic carbocycles. The van der Waals surface area contributed by atoms with Crippen molar-refractivity contribution in [2.24, 2.45) is 0 Å². The molecule has 3 nitrogen and oxygen atoms in total. The van der Waals surface area contributed by atoms with E-state index in [1.807, 2.05) is 0 Å². The molecule has 9 rings (SSSR count). The topological polar surface area (TPSA) is 9.72 Å². The van der Waals surface area contributed by atoms with Crippen molar-refractivity contribution in [3.8, 4) is 0 Å². The number of rotatable bonds is 5. The Kier molecular flexibility index (Phi) is 7.59. The molecule has 0 N–H and O–H groups in total. The average molecular weight is 672 g/mol. The molecule has 4 heteroatoms. The zero-order valence-corrected chi connectivity index (χ0v) is 30.8. The lowest BCUT2D eigenvalue weighted by Gasteiger charge is -2.46. The summed E-state index contributed by atoms with van der Waals surface area (Å²) in [5.74, 6) is 0. The molecule has 0 amide bonds. The Labute approximate surface area is 308 Å². The zero-order chi connectivity index (χ0) is 35.7. The van der Waals surface area contributed by atoms with Gasteiger partial charge in [-0.15, -0.1) is 0 Å². The van der Waals surface area contributed by atoms with E-state index in [2.05, 4.69) is 202 Å². The average Bonchev–Trinajstić information content (AvgIpc) is 3.13. The lowest BCUT2D eigenvalue weighted by Crippen LogP contribution is -2.61. The lowest BCUT2D eigenvalue weighted by molar-refractivity contribution is 1.19. The highest BCUT2D eigenvalue weighted by atomic mass is 15.2. The van der Waals surface area contributed by atoms with Crippen LogP contribution in [0.3, 0.4) is 0 Å². The first kappa shape index (κ1) is 31.9. The summed E-state index contributed by atoms with van der Waals surface area (Å²) in [6.07, 6.45) is 0. The van der Waals surface area contributed by atoms with Gasteiger partial charge in [-0.3, -0.25) is 0 Å². The van der Waals surface area contributed by atoms with Gasteiger partial charge in [0.2, 0.25) is 0 Å². The van der Waals surface area contributed by atoms with Crippen LogP contribution in [0.15, 0.2) is 146 Å². The smallest absolute Gasteiger partial charge is 0.252 e. The Hall–Kier alpha value is -6.00. The first-order chi connectivity index (χ1) is 25.3. The van der Waals surface area contributed by atoms with Crippen molar-refractivity contribution in [3.05, 3.63) is 179 Å². The number of nitrogens with zero attached hydrogens (tertiary/aromatic N) is 3. The normalized spacial score (nSPS) is 12.7. The van der Waals surface area contributed by atoms with Crippen LogP contribution in [0.5, 0.6) is 0 Å². The molecule has 2 aliphatic rings. The molecule has 2 aliphatic heterocycles. The molecule has 52 heavy (non-hydrogen) atoms. The maximum Gasteiger partial charge on any atom is 0.252 e. The molecule has 0 saturated carbocycles. The van der Waals surface area contributed by atoms with Gasteiger partial charge in [0.05, 0.1) is 5.69 Å². The summed E-state index contributed by atoms with van der Waals surface area (Å²) in [4.78, 5) is 7.55. The molecule has 0 bridgehead atoms. The molecule has 0 aromatic heterocycles. The summed E-state index contributed by atoms with van der Waals surface area (Å²) < 4.78 is 0. The minimum absolute atomic E-state index is 0.0655. The zero-order valence-electron chi connectivity index (χ0n) is 30.8. The summed E-state index contributed by atoms with van der Waals surface area (Å²) in [5.41, 5.74) is 22.3. The minimum Gasteiger partial charge on any atom is -0.311 e. The van der Waals surface area contributed by atoms with Crippen molar-refractivity contribution in [2.75, 3.05) is 14.7 Å². The van der Waals surface area contributed by atoms with Gasteiger partial charge in [-0.1, -0.05) is 97.1 Å². The second-order valence-electron chi connectivity index (χ2n) is 14.6. The van der Waals surface area contributed by atoms with Crippen LogP contribution in [-0.4, -0.2) is 6.71 Å². The Balaban J connectivity index is 1.46. The van der Waals surface area contributed by atoms with Crippen molar-refractivity contribution in [3.63, 3.8) is 0 Å². The van der Waals surface area contributed by atoms with Gasteiger partial charge in [0.1, 0.15) is 0 Å². The van der Waals surface area contributed by atoms with Gasteiger partial charge in [0, 0.05) is 45.5 Å². The predicted octanol–water partition coefficient (Wildman–Crippen LogP) is 11.1. The second kappa shape index (κ2) is 12.3. The predicted molar refractivity (Wildman–Crippen MR) is 224 cm³/mol. The van der Waals surface area contributed by atoms with E-state index in [4.69, 9.17) is 0 Å². The van der Waals surface area contributed by atoms with Gasteiger partial charge in [0.25, 0.3) is 6.71 Å². The largest absolute Gasteiger partial charge is 0.311 e. The molecule has 2 heterocycles.